The lowest BCUT2D eigenvalue weighted by molar-refractivity contribution is -0.138. The third-order valence-electron chi connectivity index (χ3n) is 6.07. The Hall–Kier alpha value is -3.53. The zero-order valence-electron chi connectivity index (χ0n) is 20.7. The van der Waals surface area contributed by atoms with Gasteiger partial charge in [0, 0.05) is 38.8 Å². The maximum atomic E-state index is 14.3. The van der Waals surface area contributed by atoms with Gasteiger partial charge >= 0.3 is 0 Å². The second-order valence-corrected chi connectivity index (χ2v) is 8.43. The van der Waals surface area contributed by atoms with E-state index in [9.17, 15) is 23.2 Å². The molecule has 1 saturated heterocycles. The number of carbonyl (C=O) groups is 3. The van der Waals surface area contributed by atoms with E-state index in [1.54, 1.807) is 29.0 Å². The molecule has 0 radical (unpaired) electrons. The fourth-order valence-corrected chi connectivity index (χ4v) is 4.03. The summed E-state index contributed by atoms with van der Waals surface area (Å²) in [5.74, 6) is -2.47. The number of benzene rings is 2. The quantitative estimate of drug-likeness (QED) is 0.526. The van der Waals surface area contributed by atoms with Crippen LogP contribution in [0.1, 0.15) is 29.8 Å². The molecule has 2 aromatic rings. The smallest absolute Gasteiger partial charge is 0.257 e. The lowest BCUT2D eigenvalue weighted by atomic mass is 10.1. The molecule has 10 heteroatoms. The molecule has 0 aliphatic carbocycles. The van der Waals surface area contributed by atoms with Crippen LogP contribution >= 0.6 is 0 Å². The number of amides is 3. The Morgan fingerprint density at radius 1 is 1.06 bits per heavy atom. The van der Waals surface area contributed by atoms with Crippen molar-refractivity contribution in [2.75, 3.05) is 46.4 Å². The molecule has 8 nitrogen and oxygen atoms in total. The topological polar surface area (TPSA) is 79.4 Å². The Morgan fingerprint density at radius 3 is 2.36 bits per heavy atom. The van der Waals surface area contributed by atoms with Gasteiger partial charge in [-0.25, -0.2) is 8.78 Å². The van der Waals surface area contributed by atoms with Crippen molar-refractivity contribution in [3.8, 4) is 5.75 Å². The van der Waals surface area contributed by atoms with E-state index < -0.39 is 23.6 Å². The van der Waals surface area contributed by atoms with Crippen molar-refractivity contribution < 1.29 is 32.6 Å². The minimum absolute atomic E-state index is 0.0357. The summed E-state index contributed by atoms with van der Waals surface area (Å²) in [6.45, 7) is 4.59. The van der Waals surface area contributed by atoms with Gasteiger partial charge in [0.1, 0.15) is 30.5 Å². The van der Waals surface area contributed by atoms with Gasteiger partial charge in [-0.1, -0.05) is 12.1 Å². The predicted molar refractivity (Wildman–Crippen MR) is 128 cm³/mol. The Balaban J connectivity index is 1.82. The number of halogens is 2. The van der Waals surface area contributed by atoms with Gasteiger partial charge in [0.2, 0.25) is 11.8 Å². The first-order valence-corrected chi connectivity index (χ1v) is 11.8. The highest BCUT2D eigenvalue weighted by Gasteiger charge is 2.33. The number of rotatable bonds is 9. The summed E-state index contributed by atoms with van der Waals surface area (Å²) in [7, 11) is 1.56. The van der Waals surface area contributed by atoms with Gasteiger partial charge in [0.25, 0.3) is 5.91 Å². The molecule has 1 heterocycles. The third-order valence-corrected chi connectivity index (χ3v) is 6.07. The predicted octanol–water partition coefficient (Wildman–Crippen LogP) is 2.71. The van der Waals surface area contributed by atoms with Crippen LogP contribution in [0.3, 0.4) is 0 Å². The molecule has 1 atom stereocenters. The first kappa shape index (κ1) is 27.1. The van der Waals surface area contributed by atoms with Crippen molar-refractivity contribution in [1.29, 1.82) is 0 Å². The molecule has 0 bridgehead atoms. The second kappa shape index (κ2) is 12.4. The molecule has 1 aliphatic heterocycles. The molecule has 194 valence electrons. The van der Waals surface area contributed by atoms with Crippen molar-refractivity contribution >= 4 is 17.7 Å². The molecule has 36 heavy (non-hydrogen) atoms. The maximum absolute atomic E-state index is 14.3. The molecule has 3 amide bonds. The number of carbonyl (C=O) groups excluding carboxylic acids is 3. The molecular formula is C26H31F2N3O5. The third kappa shape index (κ3) is 6.78. The Labute approximate surface area is 209 Å². The monoisotopic (exact) mass is 503 g/mol. The van der Waals surface area contributed by atoms with Gasteiger partial charge in [-0.2, -0.15) is 0 Å². The summed E-state index contributed by atoms with van der Waals surface area (Å²) in [5.41, 5.74) is 0.497. The fourth-order valence-electron chi connectivity index (χ4n) is 4.03. The van der Waals surface area contributed by atoms with Crippen molar-refractivity contribution in [2.24, 2.45) is 0 Å². The molecule has 1 aliphatic rings. The fraction of sp³-hybridized carbons (Fsp3) is 0.423. The molecule has 2 aromatic carbocycles. The van der Waals surface area contributed by atoms with Gasteiger partial charge in [-0.05, 0) is 43.7 Å². The van der Waals surface area contributed by atoms with Crippen LogP contribution < -0.4 is 4.74 Å². The van der Waals surface area contributed by atoms with Crippen LogP contribution in [-0.4, -0.2) is 85.0 Å². The summed E-state index contributed by atoms with van der Waals surface area (Å²) in [6.07, 6.45) is -0.693. The summed E-state index contributed by atoms with van der Waals surface area (Å²) in [5, 5.41) is 0. The SMILES string of the molecule is CCN(CC)C(=O)CO[C@@H]1CN(Cc2ccc(OC)cc2)C(=O)CN(C(=O)c2ccc(F)cc2F)C1. The molecular weight excluding hydrogens is 472 g/mol. The first-order chi connectivity index (χ1) is 17.2. The maximum Gasteiger partial charge on any atom is 0.257 e. The van der Waals surface area contributed by atoms with E-state index in [0.717, 1.165) is 17.7 Å². The van der Waals surface area contributed by atoms with Gasteiger partial charge in [0.05, 0.1) is 18.8 Å². The number of methoxy groups -OCH3 is 1. The van der Waals surface area contributed by atoms with E-state index in [1.807, 2.05) is 26.0 Å². The average molecular weight is 504 g/mol. The minimum atomic E-state index is -1.01. The lowest BCUT2D eigenvalue weighted by Gasteiger charge is -2.26. The Morgan fingerprint density at radius 2 is 1.75 bits per heavy atom. The van der Waals surface area contributed by atoms with Crippen molar-refractivity contribution in [3.63, 3.8) is 0 Å². The van der Waals surface area contributed by atoms with Crippen LogP contribution in [-0.2, 0) is 20.9 Å². The zero-order valence-corrected chi connectivity index (χ0v) is 20.7. The molecule has 0 spiro atoms. The molecule has 0 aromatic heterocycles. The Bertz CT molecular complexity index is 1080. The largest absolute Gasteiger partial charge is 0.497 e. The normalized spacial score (nSPS) is 16.0. The van der Waals surface area contributed by atoms with E-state index >= 15 is 0 Å². The lowest BCUT2D eigenvalue weighted by Crippen LogP contribution is -2.41. The minimum Gasteiger partial charge on any atom is -0.497 e. The van der Waals surface area contributed by atoms with Crippen molar-refractivity contribution in [3.05, 3.63) is 65.2 Å². The van der Waals surface area contributed by atoms with Crippen molar-refractivity contribution in [2.45, 2.75) is 26.5 Å². The number of nitrogens with zero attached hydrogens (tertiary/aromatic N) is 3. The van der Waals surface area contributed by atoms with E-state index in [-0.39, 0.29) is 50.2 Å². The highest BCUT2D eigenvalue weighted by molar-refractivity contribution is 5.97. The van der Waals surface area contributed by atoms with Gasteiger partial charge < -0.3 is 24.2 Å². The first-order valence-electron chi connectivity index (χ1n) is 11.8. The highest BCUT2D eigenvalue weighted by atomic mass is 19.1. The number of ether oxygens (including phenoxy) is 2. The number of hydrogen-bond donors (Lipinski definition) is 0. The molecule has 0 N–H and O–H groups in total. The summed E-state index contributed by atoms with van der Waals surface area (Å²) >= 11 is 0. The van der Waals surface area contributed by atoms with E-state index in [1.165, 1.54) is 4.90 Å². The summed E-state index contributed by atoms with van der Waals surface area (Å²) < 4.78 is 38.7. The number of likely N-dealkylation sites (N-methyl/N-ethyl adjacent to an activating group) is 1. The van der Waals surface area contributed by atoms with E-state index in [4.69, 9.17) is 9.47 Å². The van der Waals surface area contributed by atoms with E-state index in [0.29, 0.717) is 24.9 Å². The van der Waals surface area contributed by atoms with Crippen LogP contribution in [0.4, 0.5) is 8.78 Å². The highest BCUT2D eigenvalue weighted by Crippen LogP contribution is 2.19. The van der Waals surface area contributed by atoms with Crippen LogP contribution in [0.2, 0.25) is 0 Å². The van der Waals surface area contributed by atoms with Crippen LogP contribution in [0, 0.1) is 11.6 Å². The molecule has 1 fully saturated rings. The Kier molecular flexibility index (Phi) is 9.35. The van der Waals surface area contributed by atoms with Crippen LogP contribution in [0.25, 0.3) is 0 Å². The van der Waals surface area contributed by atoms with Crippen LogP contribution in [0.5, 0.6) is 5.75 Å². The summed E-state index contributed by atoms with van der Waals surface area (Å²) in [6, 6.07) is 9.88. The zero-order chi connectivity index (χ0) is 26.2. The molecule has 0 unspecified atom stereocenters. The summed E-state index contributed by atoms with van der Waals surface area (Å²) in [4.78, 5) is 43.1. The average Bonchev–Trinajstić information content (AvgIpc) is 3.02. The number of hydrogen-bond acceptors (Lipinski definition) is 5. The molecule has 3 rings (SSSR count). The van der Waals surface area contributed by atoms with Crippen LogP contribution in [0.15, 0.2) is 42.5 Å². The van der Waals surface area contributed by atoms with E-state index in [2.05, 4.69) is 0 Å². The van der Waals surface area contributed by atoms with Gasteiger partial charge in [-0.15, -0.1) is 0 Å². The standard InChI is InChI=1S/C26H31F2N3O5/c1-4-29(5-2)25(33)17-36-21-14-30(13-18-6-9-20(35-3)10-7-18)24(32)16-31(15-21)26(34)22-11-8-19(27)12-23(22)28/h6-12,21H,4-5,13-17H2,1-3H3/t21-/m1/s1. The van der Waals surface area contributed by atoms with Gasteiger partial charge in [0.15, 0.2) is 0 Å². The second-order valence-electron chi connectivity index (χ2n) is 8.43. The van der Waals surface area contributed by atoms with Gasteiger partial charge in [-0.3, -0.25) is 14.4 Å². The molecule has 0 saturated carbocycles. The van der Waals surface area contributed by atoms with Crippen molar-refractivity contribution in [1.82, 2.24) is 14.7 Å².